The van der Waals surface area contributed by atoms with Gasteiger partial charge in [-0.2, -0.15) is 0 Å². The van der Waals surface area contributed by atoms with E-state index in [9.17, 15) is 19.0 Å². The van der Waals surface area contributed by atoms with Crippen molar-refractivity contribution < 1.29 is 42.1 Å². The first-order valence-corrected chi connectivity index (χ1v) is 23.6. The summed E-state index contributed by atoms with van der Waals surface area (Å²) < 4.78 is 34.1. The molecule has 0 rings (SSSR count). The van der Waals surface area contributed by atoms with Crippen LogP contribution in [0.4, 0.5) is 0 Å². The molecule has 0 bridgehead atoms. The number of carbonyl (C=O) groups is 2. The molecule has 54 heavy (non-hydrogen) atoms. The van der Waals surface area contributed by atoms with E-state index >= 15 is 0 Å². The third-order valence-electron chi connectivity index (χ3n) is 9.59. The lowest BCUT2D eigenvalue weighted by Crippen LogP contribution is -2.37. The zero-order valence-electron chi connectivity index (χ0n) is 35.7. The number of esters is 2. The van der Waals surface area contributed by atoms with E-state index in [1.807, 2.05) is 33.3 Å². The van der Waals surface area contributed by atoms with E-state index in [1.165, 1.54) is 147 Å². The van der Waals surface area contributed by atoms with Crippen molar-refractivity contribution in [3.8, 4) is 0 Å². The van der Waals surface area contributed by atoms with E-state index in [1.54, 1.807) is 6.08 Å². The molecule has 318 valence electrons. The Balaban J connectivity index is 4.44. The minimum atomic E-state index is -4.39. The Labute approximate surface area is 332 Å². The zero-order chi connectivity index (χ0) is 40.0. The second-order valence-electron chi connectivity index (χ2n) is 16.2. The Morgan fingerprint density at radius 1 is 0.611 bits per heavy atom. The second-order valence-corrected chi connectivity index (χ2v) is 17.6. The molecule has 0 aromatic heterocycles. The number of phosphoric acid groups is 1. The molecule has 0 aromatic carbocycles. The van der Waals surface area contributed by atoms with Crippen LogP contribution in [0, 0.1) is 0 Å². The van der Waals surface area contributed by atoms with Gasteiger partial charge in [0.1, 0.15) is 19.8 Å². The van der Waals surface area contributed by atoms with Crippen LogP contribution in [-0.4, -0.2) is 74.9 Å². The highest BCUT2D eigenvalue weighted by molar-refractivity contribution is 7.47. The van der Waals surface area contributed by atoms with Crippen LogP contribution in [0.3, 0.4) is 0 Å². The van der Waals surface area contributed by atoms with Gasteiger partial charge in [-0.25, -0.2) is 9.36 Å². The molecule has 0 heterocycles. The normalized spacial score (nSPS) is 13.8. The molecule has 0 aliphatic heterocycles. The number of likely N-dealkylation sites (N-methyl/N-ethyl adjacent to an activating group) is 1. The molecule has 0 saturated carbocycles. The Bertz CT molecular complexity index is 980. The topological polar surface area (TPSA) is 108 Å². The molecular formula is C44H85NO8P+. The minimum Gasteiger partial charge on any atom is -0.462 e. The molecule has 0 fully saturated rings. The lowest BCUT2D eigenvalue weighted by Gasteiger charge is -2.24. The van der Waals surface area contributed by atoms with Gasteiger partial charge in [-0.15, -0.1) is 0 Å². The van der Waals surface area contributed by atoms with Gasteiger partial charge >= 0.3 is 19.8 Å². The summed E-state index contributed by atoms with van der Waals surface area (Å²) in [4.78, 5) is 35.2. The fraction of sp³-hybridized carbons (Fsp3) is 0.864. The fourth-order valence-corrected chi connectivity index (χ4v) is 6.84. The number of carbonyl (C=O) groups excluding carboxylic acids is 2. The first-order chi connectivity index (χ1) is 26.0. The summed E-state index contributed by atoms with van der Waals surface area (Å²) in [6.07, 6.45) is 40.0. The summed E-state index contributed by atoms with van der Waals surface area (Å²) in [5.41, 5.74) is 0. The van der Waals surface area contributed by atoms with E-state index < -0.39 is 32.5 Å². The maximum Gasteiger partial charge on any atom is 0.472 e. The van der Waals surface area contributed by atoms with Crippen molar-refractivity contribution in [3.05, 3.63) is 24.3 Å². The summed E-state index contributed by atoms with van der Waals surface area (Å²) in [5.74, 6) is -1.04. The SMILES string of the molecule is CCCCCCCCCCCCC/C=C/C=C/C(=O)OC(COC(=O)CCCCCCCCCCCCCCCCC)COP(=O)(O)OCC[N+](C)(C)C. The van der Waals surface area contributed by atoms with Gasteiger partial charge in [0.05, 0.1) is 27.7 Å². The Morgan fingerprint density at radius 3 is 1.52 bits per heavy atom. The van der Waals surface area contributed by atoms with Crippen LogP contribution >= 0.6 is 7.82 Å². The summed E-state index contributed by atoms with van der Waals surface area (Å²) in [5, 5.41) is 0. The van der Waals surface area contributed by atoms with E-state index in [2.05, 4.69) is 13.8 Å². The van der Waals surface area contributed by atoms with Gasteiger partial charge in [0.15, 0.2) is 6.10 Å². The summed E-state index contributed by atoms with van der Waals surface area (Å²) in [6, 6.07) is 0. The number of unbranched alkanes of at least 4 members (excludes halogenated alkanes) is 25. The van der Waals surface area contributed by atoms with Crippen LogP contribution in [0.15, 0.2) is 24.3 Å². The van der Waals surface area contributed by atoms with Crippen molar-refractivity contribution in [1.29, 1.82) is 0 Å². The number of hydrogen-bond donors (Lipinski definition) is 1. The van der Waals surface area contributed by atoms with Gasteiger partial charge in [-0.1, -0.05) is 186 Å². The predicted octanol–water partition coefficient (Wildman–Crippen LogP) is 12.4. The first-order valence-electron chi connectivity index (χ1n) is 22.1. The lowest BCUT2D eigenvalue weighted by molar-refractivity contribution is -0.870. The van der Waals surface area contributed by atoms with Crippen LogP contribution in [0.1, 0.15) is 194 Å². The van der Waals surface area contributed by atoms with Gasteiger partial charge < -0.3 is 18.9 Å². The fourth-order valence-electron chi connectivity index (χ4n) is 6.10. The third kappa shape index (κ3) is 40.2. The monoisotopic (exact) mass is 787 g/mol. The number of nitrogens with zero attached hydrogens (tertiary/aromatic N) is 1. The molecule has 2 atom stereocenters. The highest BCUT2D eigenvalue weighted by Gasteiger charge is 2.26. The van der Waals surface area contributed by atoms with Crippen LogP contribution in [-0.2, 0) is 32.7 Å². The highest BCUT2D eigenvalue weighted by atomic mass is 31.2. The van der Waals surface area contributed by atoms with Crippen LogP contribution in [0.25, 0.3) is 0 Å². The first kappa shape index (κ1) is 52.5. The Hall–Kier alpha value is -1.51. The quantitative estimate of drug-likeness (QED) is 0.0163. The Kier molecular flexibility index (Phi) is 36.1. The summed E-state index contributed by atoms with van der Waals surface area (Å²) >= 11 is 0. The lowest BCUT2D eigenvalue weighted by atomic mass is 10.0. The number of allylic oxidation sites excluding steroid dienone is 3. The molecule has 0 saturated heterocycles. The van der Waals surface area contributed by atoms with Crippen LogP contribution in [0.5, 0.6) is 0 Å². The average molecular weight is 787 g/mol. The van der Waals surface area contributed by atoms with Crippen molar-refractivity contribution in [2.45, 2.75) is 200 Å². The van der Waals surface area contributed by atoms with Crippen molar-refractivity contribution in [1.82, 2.24) is 0 Å². The third-order valence-corrected chi connectivity index (χ3v) is 10.6. The standard InChI is InChI=1S/C44H84NO8P/c1-6-8-10-12-14-16-18-20-22-24-26-28-30-32-34-36-43(46)50-40-42(41-52-54(48,49)51-39-38-45(3,4)5)53-44(47)37-35-33-31-29-27-25-23-21-19-17-15-13-11-9-7-2/h31,33,35,37,42H,6-30,32,34,36,38-41H2,1-5H3/p+1/b33-31+,37-35+. The molecule has 0 spiro atoms. The van der Waals surface area contributed by atoms with Crippen molar-refractivity contribution in [2.75, 3.05) is 47.5 Å². The molecule has 1 N–H and O–H groups in total. The highest BCUT2D eigenvalue weighted by Crippen LogP contribution is 2.43. The number of phosphoric ester groups is 1. The zero-order valence-corrected chi connectivity index (χ0v) is 36.6. The van der Waals surface area contributed by atoms with E-state index in [-0.39, 0.29) is 19.6 Å². The van der Waals surface area contributed by atoms with Crippen molar-refractivity contribution in [2.24, 2.45) is 0 Å². The molecule has 0 aromatic rings. The van der Waals surface area contributed by atoms with Gasteiger partial charge in [0, 0.05) is 12.5 Å². The molecule has 0 amide bonds. The number of rotatable bonds is 40. The largest absolute Gasteiger partial charge is 0.472 e. The average Bonchev–Trinajstić information content (AvgIpc) is 3.12. The summed E-state index contributed by atoms with van der Waals surface area (Å²) in [6.45, 7) is 4.31. The molecule has 9 nitrogen and oxygen atoms in total. The number of ether oxygens (including phenoxy) is 2. The van der Waals surface area contributed by atoms with Gasteiger partial charge in [-0.3, -0.25) is 13.8 Å². The number of quaternary nitrogens is 1. The Morgan fingerprint density at radius 2 is 1.06 bits per heavy atom. The molecular weight excluding hydrogens is 701 g/mol. The maximum absolute atomic E-state index is 12.6. The molecule has 10 heteroatoms. The van der Waals surface area contributed by atoms with E-state index in [4.69, 9.17) is 18.5 Å². The minimum absolute atomic E-state index is 0.0181. The van der Waals surface area contributed by atoms with Crippen LogP contribution in [0.2, 0.25) is 0 Å². The number of hydrogen-bond acceptors (Lipinski definition) is 7. The maximum atomic E-state index is 12.6. The second kappa shape index (κ2) is 37.1. The van der Waals surface area contributed by atoms with E-state index in [0.29, 0.717) is 11.0 Å². The van der Waals surface area contributed by atoms with Gasteiger partial charge in [0.25, 0.3) is 0 Å². The van der Waals surface area contributed by atoms with Gasteiger partial charge in [-0.05, 0) is 19.3 Å². The summed E-state index contributed by atoms with van der Waals surface area (Å²) in [7, 11) is 1.43. The predicted molar refractivity (Wildman–Crippen MR) is 224 cm³/mol. The van der Waals surface area contributed by atoms with Gasteiger partial charge in [0.2, 0.25) is 0 Å². The molecule has 0 aliphatic carbocycles. The van der Waals surface area contributed by atoms with Crippen molar-refractivity contribution >= 4 is 19.8 Å². The smallest absolute Gasteiger partial charge is 0.462 e. The molecule has 2 unspecified atom stereocenters. The van der Waals surface area contributed by atoms with Crippen molar-refractivity contribution in [3.63, 3.8) is 0 Å². The molecule has 0 aliphatic rings. The molecule has 0 radical (unpaired) electrons. The van der Waals surface area contributed by atoms with E-state index in [0.717, 1.165) is 32.1 Å². The van der Waals surface area contributed by atoms with Crippen LogP contribution < -0.4 is 0 Å².